The zero-order chi connectivity index (χ0) is 10.4. The third-order valence-corrected chi connectivity index (χ3v) is 4.08. The molecule has 0 saturated heterocycles. The highest BCUT2D eigenvalue weighted by molar-refractivity contribution is 8.01. The minimum atomic E-state index is 0.549. The van der Waals surface area contributed by atoms with Crippen LogP contribution >= 0.6 is 23.3 Å². The third-order valence-electron chi connectivity index (χ3n) is 2.10. The van der Waals surface area contributed by atoms with Crippen molar-refractivity contribution in [1.82, 2.24) is 14.7 Å². The van der Waals surface area contributed by atoms with Crippen molar-refractivity contribution in [2.45, 2.75) is 42.8 Å². The van der Waals surface area contributed by atoms with Crippen LogP contribution in [-0.4, -0.2) is 27.2 Å². The van der Waals surface area contributed by atoms with Gasteiger partial charge in [-0.2, -0.15) is 4.37 Å². The first-order valence-corrected chi connectivity index (χ1v) is 6.59. The lowest BCUT2D eigenvalue weighted by atomic mass is 10.2. The number of rotatable bonds is 6. The monoisotopic (exact) mass is 231 g/mol. The molecule has 0 amide bonds. The number of hydrogen-bond donors (Lipinski definition) is 1. The highest BCUT2D eigenvalue weighted by Gasteiger charge is 2.16. The van der Waals surface area contributed by atoms with Gasteiger partial charge in [-0.25, -0.2) is 4.98 Å². The van der Waals surface area contributed by atoms with E-state index in [1.165, 1.54) is 11.5 Å². The molecule has 1 aromatic heterocycles. The fraction of sp³-hybridized carbons (Fsp3) is 0.778. The van der Waals surface area contributed by atoms with E-state index in [2.05, 4.69) is 35.4 Å². The summed E-state index contributed by atoms with van der Waals surface area (Å²) in [5.74, 6) is 0. The van der Waals surface area contributed by atoms with Crippen LogP contribution in [0.4, 0.5) is 0 Å². The van der Waals surface area contributed by atoms with E-state index in [-0.39, 0.29) is 0 Å². The van der Waals surface area contributed by atoms with Gasteiger partial charge in [0, 0.05) is 11.3 Å². The van der Waals surface area contributed by atoms with Crippen LogP contribution in [-0.2, 0) is 0 Å². The van der Waals surface area contributed by atoms with Gasteiger partial charge in [0.05, 0.1) is 0 Å². The van der Waals surface area contributed by atoms with Crippen LogP contribution < -0.4 is 5.32 Å². The van der Waals surface area contributed by atoms with Gasteiger partial charge in [-0.1, -0.05) is 32.5 Å². The zero-order valence-electron chi connectivity index (χ0n) is 8.86. The van der Waals surface area contributed by atoms with Crippen molar-refractivity contribution in [2.75, 3.05) is 6.54 Å². The van der Waals surface area contributed by atoms with Gasteiger partial charge in [-0.15, -0.1) is 0 Å². The maximum atomic E-state index is 4.18. The molecule has 1 aromatic rings. The highest BCUT2D eigenvalue weighted by atomic mass is 32.2. The second-order valence-corrected chi connectivity index (χ2v) is 5.51. The summed E-state index contributed by atoms with van der Waals surface area (Å²) < 4.78 is 5.06. The highest BCUT2D eigenvalue weighted by Crippen LogP contribution is 2.26. The molecule has 0 aliphatic carbocycles. The van der Waals surface area contributed by atoms with Gasteiger partial charge in [0.15, 0.2) is 4.34 Å². The lowest BCUT2D eigenvalue weighted by molar-refractivity contribution is 0.509. The van der Waals surface area contributed by atoms with Crippen molar-refractivity contribution in [1.29, 1.82) is 0 Å². The Morgan fingerprint density at radius 2 is 2.36 bits per heavy atom. The Morgan fingerprint density at radius 3 is 2.86 bits per heavy atom. The summed E-state index contributed by atoms with van der Waals surface area (Å²) in [5.41, 5.74) is 0. The van der Waals surface area contributed by atoms with Crippen LogP contribution in [0.25, 0.3) is 0 Å². The number of aromatic nitrogens is 2. The predicted molar refractivity (Wildman–Crippen MR) is 63.0 cm³/mol. The number of hydrogen-bond acceptors (Lipinski definition) is 5. The maximum Gasteiger partial charge on any atom is 0.170 e. The van der Waals surface area contributed by atoms with Gasteiger partial charge in [-0.05, 0) is 24.5 Å². The molecular formula is C9H17N3S2. The van der Waals surface area contributed by atoms with Gasteiger partial charge in [-0.3, -0.25) is 0 Å². The summed E-state index contributed by atoms with van der Waals surface area (Å²) in [6, 6.07) is 0.564. The first-order chi connectivity index (χ1) is 6.77. The molecule has 14 heavy (non-hydrogen) atoms. The smallest absolute Gasteiger partial charge is 0.170 e. The Balaban J connectivity index is 2.43. The van der Waals surface area contributed by atoms with Crippen molar-refractivity contribution < 1.29 is 0 Å². The fourth-order valence-electron chi connectivity index (χ4n) is 1.36. The molecule has 80 valence electrons. The van der Waals surface area contributed by atoms with Crippen molar-refractivity contribution >= 4 is 23.3 Å². The van der Waals surface area contributed by atoms with E-state index >= 15 is 0 Å². The van der Waals surface area contributed by atoms with Gasteiger partial charge < -0.3 is 5.32 Å². The quantitative estimate of drug-likeness (QED) is 0.763. The second-order valence-electron chi connectivity index (χ2n) is 3.10. The Labute approximate surface area is 93.9 Å². The standard InChI is InChI=1S/C9H17N3S2/c1-4-8(10-5-2)7(3)13-9-11-6-12-14-9/h6-8,10H,4-5H2,1-3H3. The Morgan fingerprint density at radius 1 is 1.57 bits per heavy atom. The fourth-order valence-corrected chi connectivity index (χ4v) is 3.27. The maximum absolute atomic E-state index is 4.18. The van der Waals surface area contributed by atoms with Crippen LogP contribution in [0.1, 0.15) is 27.2 Å². The molecule has 0 bridgehead atoms. The molecule has 0 spiro atoms. The van der Waals surface area contributed by atoms with Gasteiger partial charge in [0.25, 0.3) is 0 Å². The van der Waals surface area contributed by atoms with E-state index in [9.17, 15) is 0 Å². The van der Waals surface area contributed by atoms with Gasteiger partial charge in [0.2, 0.25) is 0 Å². The van der Waals surface area contributed by atoms with Crippen LogP contribution in [0.15, 0.2) is 10.7 Å². The van der Waals surface area contributed by atoms with E-state index < -0.39 is 0 Å². The Hall–Kier alpha value is -0.130. The average molecular weight is 231 g/mol. The molecule has 0 aliphatic heterocycles. The van der Waals surface area contributed by atoms with E-state index in [1.807, 2.05) is 0 Å². The van der Waals surface area contributed by atoms with E-state index in [4.69, 9.17) is 0 Å². The first-order valence-electron chi connectivity index (χ1n) is 4.94. The van der Waals surface area contributed by atoms with E-state index in [0.29, 0.717) is 11.3 Å². The third kappa shape index (κ3) is 3.55. The van der Waals surface area contributed by atoms with Crippen molar-refractivity contribution in [2.24, 2.45) is 0 Å². The summed E-state index contributed by atoms with van der Waals surface area (Å²) in [6.45, 7) is 7.62. The summed E-state index contributed by atoms with van der Waals surface area (Å²) in [6.07, 6.45) is 2.77. The van der Waals surface area contributed by atoms with E-state index in [1.54, 1.807) is 18.1 Å². The molecular weight excluding hydrogens is 214 g/mol. The normalized spacial score (nSPS) is 15.4. The lowest BCUT2D eigenvalue weighted by Gasteiger charge is -2.21. The lowest BCUT2D eigenvalue weighted by Crippen LogP contribution is -2.35. The summed E-state index contributed by atoms with van der Waals surface area (Å²) in [5, 5.41) is 4.03. The molecule has 0 fully saturated rings. The van der Waals surface area contributed by atoms with Crippen molar-refractivity contribution in [3.8, 4) is 0 Å². The first kappa shape index (κ1) is 11.9. The number of nitrogens with one attached hydrogen (secondary N) is 1. The second kappa shape index (κ2) is 6.37. The minimum absolute atomic E-state index is 0.549. The molecule has 0 saturated carbocycles. The molecule has 5 heteroatoms. The predicted octanol–water partition coefficient (Wildman–Crippen LogP) is 2.41. The molecule has 3 nitrogen and oxygen atoms in total. The number of nitrogens with zero attached hydrogens (tertiary/aromatic N) is 2. The summed E-state index contributed by atoms with van der Waals surface area (Å²) in [7, 11) is 0. The Bertz CT molecular complexity index is 238. The summed E-state index contributed by atoms with van der Waals surface area (Å²) >= 11 is 3.28. The van der Waals surface area contributed by atoms with Gasteiger partial charge >= 0.3 is 0 Å². The molecule has 0 aromatic carbocycles. The number of thioether (sulfide) groups is 1. The molecule has 1 heterocycles. The molecule has 0 radical (unpaired) electrons. The van der Waals surface area contributed by atoms with Crippen LogP contribution in [0.3, 0.4) is 0 Å². The van der Waals surface area contributed by atoms with Crippen LogP contribution in [0, 0.1) is 0 Å². The average Bonchev–Trinajstić information content (AvgIpc) is 2.66. The van der Waals surface area contributed by atoms with Crippen LogP contribution in [0.5, 0.6) is 0 Å². The Kier molecular flexibility index (Phi) is 5.44. The van der Waals surface area contributed by atoms with Crippen molar-refractivity contribution in [3.63, 3.8) is 0 Å². The zero-order valence-corrected chi connectivity index (χ0v) is 10.5. The van der Waals surface area contributed by atoms with Crippen LogP contribution in [0.2, 0.25) is 0 Å². The molecule has 2 unspecified atom stereocenters. The van der Waals surface area contributed by atoms with E-state index in [0.717, 1.165) is 17.3 Å². The SMILES string of the molecule is CCNC(CC)C(C)Sc1ncns1. The molecule has 1 N–H and O–H groups in total. The summed E-state index contributed by atoms with van der Waals surface area (Å²) in [4.78, 5) is 4.18. The van der Waals surface area contributed by atoms with Gasteiger partial charge in [0.1, 0.15) is 6.33 Å². The minimum Gasteiger partial charge on any atom is -0.313 e. The molecule has 0 aliphatic rings. The van der Waals surface area contributed by atoms with Crippen molar-refractivity contribution in [3.05, 3.63) is 6.33 Å². The molecule has 2 atom stereocenters. The topological polar surface area (TPSA) is 37.8 Å². The largest absolute Gasteiger partial charge is 0.313 e. The molecule has 1 rings (SSSR count).